The highest BCUT2D eigenvalue weighted by atomic mass is 32.1. The maximum atomic E-state index is 13.5. The molecular formula is C36H27F6N5S. The second-order valence-corrected chi connectivity index (χ2v) is 11.6. The molecule has 1 heterocycles. The van der Waals surface area contributed by atoms with E-state index < -0.39 is 29.2 Å². The first-order valence-electron chi connectivity index (χ1n) is 14.6. The van der Waals surface area contributed by atoms with Crippen molar-refractivity contribution >= 4 is 67.4 Å². The van der Waals surface area contributed by atoms with Crippen LogP contribution < -0.4 is 20.9 Å². The van der Waals surface area contributed by atoms with Crippen LogP contribution >= 0.6 is 12.2 Å². The molecule has 0 aliphatic heterocycles. The zero-order chi connectivity index (χ0) is 34.2. The van der Waals surface area contributed by atoms with E-state index >= 15 is 0 Å². The number of halogens is 6. The number of hydrogen-bond acceptors (Lipinski definition) is 4. The summed E-state index contributed by atoms with van der Waals surface area (Å²) in [5.74, 6) is 0.592. The van der Waals surface area contributed by atoms with E-state index in [1.807, 2.05) is 97.9 Å². The Morgan fingerprint density at radius 2 is 1.19 bits per heavy atom. The summed E-state index contributed by atoms with van der Waals surface area (Å²) in [5.41, 5.74) is 0.246. The lowest BCUT2D eigenvalue weighted by atomic mass is 9.91. The number of nitrogens with zero attached hydrogens (tertiary/aromatic N) is 2. The van der Waals surface area contributed by atoms with Crippen LogP contribution in [0.2, 0.25) is 0 Å². The molecule has 0 spiro atoms. The van der Waals surface area contributed by atoms with Crippen LogP contribution in [0.25, 0.3) is 32.7 Å². The standard InChI is InChI=1S/C36H27F6N5S/c1-47(2)26-15-16-43-31(20-26)45-29-13-11-21-7-3-5-9-27(21)32(29)33-28-10-6-4-8-22(28)12-14-30(33)46-34(48)44-25-18-23(35(37,38)39)17-24(19-25)36(40,41)42/h3-20H,1-2H3,(H,43,45)(H2,44,46,48). The van der Waals surface area contributed by atoms with Crippen molar-refractivity contribution in [2.45, 2.75) is 12.4 Å². The Labute approximate surface area is 277 Å². The van der Waals surface area contributed by atoms with Crippen molar-refractivity contribution in [1.29, 1.82) is 0 Å². The molecule has 0 aliphatic carbocycles. The third-order valence-electron chi connectivity index (χ3n) is 7.72. The van der Waals surface area contributed by atoms with Crippen molar-refractivity contribution in [2.75, 3.05) is 34.9 Å². The van der Waals surface area contributed by atoms with Gasteiger partial charge in [0.15, 0.2) is 5.11 Å². The van der Waals surface area contributed by atoms with Gasteiger partial charge in [0, 0.05) is 60.2 Å². The van der Waals surface area contributed by atoms with Crippen LogP contribution in [-0.4, -0.2) is 24.2 Å². The summed E-state index contributed by atoms with van der Waals surface area (Å²) in [6.45, 7) is 0. The normalized spacial score (nSPS) is 11.8. The topological polar surface area (TPSA) is 52.2 Å². The van der Waals surface area contributed by atoms with Gasteiger partial charge in [0.1, 0.15) is 5.82 Å². The average Bonchev–Trinajstić information content (AvgIpc) is 3.04. The molecule has 12 heteroatoms. The quantitative estimate of drug-likeness (QED) is 0.121. The third-order valence-corrected chi connectivity index (χ3v) is 7.93. The molecule has 0 amide bonds. The molecule has 3 N–H and O–H groups in total. The summed E-state index contributed by atoms with van der Waals surface area (Å²) in [5, 5.41) is 12.4. The predicted octanol–water partition coefficient (Wildman–Crippen LogP) is 10.7. The zero-order valence-electron chi connectivity index (χ0n) is 25.5. The van der Waals surface area contributed by atoms with E-state index in [0.29, 0.717) is 34.9 Å². The first kappa shape index (κ1) is 32.6. The summed E-state index contributed by atoms with van der Waals surface area (Å²) in [6.07, 6.45) is -8.31. The third kappa shape index (κ3) is 6.84. The van der Waals surface area contributed by atoms with E-state index in [4.69, 9.17) is 12.2 Å². The van der Waals surface area contributed by atoms with Crippen LogP contribution in [0.4, 0.5) is 54.9 Å². The maximum Gasteiger partial charge on any atom is 0.416 e. The van der Waals surface area contributed by atoms with Crippen molar-refractivity contribution < 1.29 is 26.3 Å². The predicted molar refractivity (Wildman–Crippen MR) is 185 cm³/mol. The largest absolute Gasteiger partial charge is 0.416 e. The molecule has 48 heavy (non-hydrogen) atoms. The number of benzene rings is 5. The van der Waals surface area contributed by atoms with Crippen LogP contribution in [0, 0.1) is 0 Å². The van der Waals surface area contributed by atoms with Gasteiger partial charge in [0.05, 0.1) is 11.1 Å². The molecule has 0 radical (unpaired) electrons. The van der Waals surface area contributed by atoms with Gasteiger partial charge >= 0.3 is 12.4 Å². The Hall–Kier alpha value is -5.36. The Morgan fingerprint density at radius 3 is 1.75 bits per heavy atom. The smallest absolute Gasteiger partial charge is 0.378 e. The minimum absolute atomic E-state index is 0.0707. The molecule has 6 aromatic rings. The molecule has 0 saturated carbocycles. The number of thiocarbonyl (C=S) groups is 1. The van der Waals surface area contributed by atoms with Gasteiger partial charge in [-0.25, -0.2) is 4.98 Å². The Kier molecular flexibility index (Phi) is 8.61. The number of rotatable bonds is 6. The zero-order valence-corrected chi connectivity index (χ0v) is 26.3. The highest BCUT2D eigenvalue weighted by molar-refractivity contribution is 7.80. The van der Waals surface area contributed by atoms with Crippen LogP contribution in [0.1, 0.15) is 11.1 Å². The first-order chi connectivity index (χ1) is 22.8. The van der Waals surface area contributed by atoms with E-state index in [1.165, 1.54) is 0 Å². The fourth-order valence-electron chi connectivity index (χ4n) is 5.51. The Bertz CT molecular complexity index is 2130. The lowest BCUT2D eigenvalue weighted by Gasteiger charge is -2.22. The van der Waals surface area contributed by atoms with Gasteiger partial charge in [-0.3, -0.25) is 0 Å². The van der Waals surface area contributed by atoms with Crippen LogP contribution in [0.3, 0.4) is 0 Å². The van der Waals surface area contributed by atoms with Gasteiger partial charge in [0.2, 0.25) is 0 Å². The molecule has 1 aromatic heterocycles. The van der Waals surface area contributed by atoms with E-state index in [2.05, 4.69) is 20.9 Å². The molecule has 0 aliphatic rings. The van der Waals surface area contributed by atoms with Crippen LogP contribution in [0.15, 0.2) is 109 Å². The second kappa shape index (κ2) is 12.7. The highest BCUT2D eigenvalue weighted by Crippen LogP contribution is 2.45. The summed E-state index contributed by atoms with van der Waals surface area (Å²) in [6, 6.07) is 28.0. The van der Waals surface area contributed by atoms with Gasteiger partial charge < -0.3 is 20.9 Å². The lowest BCUT2D eigenvalue weighted by Crippen LogP contribution is -2.21. The van der Waals surface area contributed by atoms with Gasteiger partial charge in [-0.15, -0.1) is 0 Å². The summed E-state index contributed by atoms with van der Waals surface area (Å²) in [7, 11) is 3.85. The fraction of sp³-hybridized carbons (Fsp3) is 0.111. The Balaban J connectivity index is 1.48. The van der Waals surface area contributed by atoms with Crippen LogP contribution in [-0.2, 0) is 12.4 Å². The number of alkyl halides is 6. The molecular weight excluding hydrogens is 648 g/mol. The number of anilines is 5. The highest BCUT2D eigenvalue weighted by Gasteiger charge is 2.37. The van der Waals surface area contributed by atoms with E-state index in [9.17, 15) is 26.3 Å². The molecule has 5 aromatic carbocycles. The number of fused-ring (bicyclic) bond motifs is 2. The molecule has 0 atom stereocenters. The van der Waals surface area contributed by atoms with Crippen molar-refractivity contribution in [3.63, 3.8) is 0 Å². The molecule has 6 rings (SSSR count). The minimum atomic E-state index is -5.00. The molecule has 0 saturated heterocycles. The Morgan fingerprint density at radius 1 is 0.646 bits per heavy atom. The number of aromatic nitrogens is 1. The molecule has 0 unspecified atom stereocenters. The van der Waals surface area contributed by atoms with E-state index in [1.54, 1.807) is 12.3 Å². The summed E-state index contributed by atoms with van der Waals surface area (Å²) >= 11 is 5.48. The average molecular weight is 676 g/mol. The van der Waals surface area contributed by atoms with E-state index in [-0.39, 0.29) is 11.2 Å². The molecule has 0 bridgehead atoms. The number of pyridine rings is 1. The van der Waals surface area contributed by atoms with Gasteiger partial charge in [-0.05, 0) is 70.2 Å². The van der Waals surface area contributed by atoms with Gasteiger partial charge in [0.25, 0.3) is 0 Å². The number of hydrogen-bond donors (Lipinski definition) is 3. The molecule has 0 fully saturated rings. The van der Waals surface area contributed by atoms with Crippen molar-refractivity contribution in [1.82, 2.24) is 4.98 Å². The minimum Gasteiger partial charge on any atom is -0.378 e. The monoisotopic (exact) mass is 675 g/mol. The maximum absolute atomic E-state index is 13.5. The lowest BCUT2D eigenvalue weighted by molar-refractivity contribution is -0.143. The van der Waals surface area contributed by atoms with Gasteiger partial charge in [-0.2, -0.15) is 26.3 Å². The van der Waals surface area contributed by atoms with E-state index in [0.717, 1.165) is 32.8 Å². The van der Waals surface area contributed by atoms with Crippen molar-refractivity contribution in [2.24, 2.45) is 0 Å². The molecule has 5 nitrogen and oxygen atoms in total. The van der Waals surface area contributed by atoms with Crippen LogP contribution in [0.5, 0.6) is 0 Å². The fourth-order valence-corrected chi connectivity index (χ4v) is 5.73. The summed E-state index contributed by atoms with van der Waals surface area (Å²) in [4.78, 5) is 6.47. The summed E-state index contributed by atoms with van der Waals surface area (Å²) < 4.78 is 81.2. The molecule has 244 valence electrons. The van der Waals surface area contributed by atoms with Crippen molar-refractivity contribution in [3.8, 4) is 11.1 Å². The van der Waals surface area contributed by atoms with Crippen molar-refractivity contribution in [3.05, 3.63) is 120 Å². The second-order valence-electron chi connectivity index (χ2n) is 11.2. The number of nitrogens with one attached hydrogen (secondary N) is 3. The van der Waals surface area contributed by atoms with Gasteiger partial charge in [-0.1, -0.05) is 60.7 Å². The first-order valence-corrected chi connectivity index (χ1v) is 15.0. The SMILES string of the molecule is CN(C)c1ccnc(Nc2ccc3ccccc3c2-c2c(NC(=S)Nc3cc(C(F)(F)F)cc(C(F)(F)F)c3)ccc3ccccc23)c1.